The third kappa shape index (κ3) is 4.28. The average molecular weight is 354 g/mol. The Labute approximate surface area is 160 Å². The monoisotopic (exact) mass is 354 g/mol. The largest absolute Gasteiger partial charge is 0.399 e. The molecule has 2 aromatic rings. The number of rotatable bonds is 4. The Morgan fingerprint density at radius 2 is 2.04 bits per heavy atom. The van der Waals surface area contributed by atoms with E-state index in [1.54, 1.807) is 12.3 Å². The van der Waals surface area contributed by atoms with Gasteiger partial charge in [-0.1, -0.05) is 43.2 Å². The van der Waals surface area contributed by atoms with Crippen molar-refractivity contribution in [2.45, 2.75) is 13.3 Å². The van der Waals surface area contributed by atoms with Gasteiger partial charge in [0.2, 0.25) is 0 Å². The quantitative estimate of drug-likeness (QED) is 0.719. The fourth-order valence-electron chi connectivity index (χ4n) is 2.79. The zero-order chi connectivity index (χ0) is 19.4. The van der Waals surface area contributed by atoms with E-state index in [0.29, 0.717) is 22.6 Å². The lowest BCUT2D eigenvalue weighted by atomic mass is 10.1. The number of nitrogens with zero attached hydrogens (tertiary/aromatic N) is 1. The molecule has 1 aliphatic carbocycles. The summed E-state index contributed by atoms with van der Waals surface area (Å²) in [5.74, 6) is 6.56. The Morgan fingerprint density at radius 3 is 2.74 bits per heavy atom. The van der Waals surface area contributed by atoms with Gasteiger partial charge in [-0.3, -0.25) is 0 Å². The molecular weight excluding hydrogens is 332 g/mol. The van der Waals surface area contributed by atoms with Gasteiger partial charge in [0.05, 0.1) is 5.56 Å². The molecule has 134 valence electrons. The molecule has 0 radical (unpaired) electrons. The van der Waals surface area contributed by atoms with Crippen LogP contribution in [0.3, 0.4) is 0 Å². The second-order valence-corrected chi connectivity index (χ2v) is 6.38. The lowest BCUT2D eigenvalue weighted by Gasteiger charge is -2.12. The smallest absolute Gasteiger partial charge is 0.139 e. The van der Waals surface area contributed by atoms with Crippen molar-refractivity contribution in [3.63, 3.8) is 0 Å². The van der Waals surface area contributed by atoms with Gasteiger partial charge in [0.25, 0.3) is 0 Å². The minimum Gasteiger partial charge on any atom is -0.399 e. The van der Waals surface area contributed by atoms with Gasteiger partial charge in [-0.05, 0) is 48.8 Å². The summed E-state index contributed by atoms with van der Waals surface area (Å²) in [5.41, 5.74) is 18.6. The van der Waals surface area contributed by atoms with Crippen molar-refractivity contribution >= 4 is 17.2 Å². The summed E-state index contributed by atoms with van der Waals surface area (Å²) >= 11 is 0. The van der Waals surface area contributed by atoms with Crippen molar-refractivity contribution in [2.24, 2.45) is 5.73 Å². The first-order valence-electron chi connectivity index (χ1n) is 8.59. The maximum atomic E-state index is 5.91. The molecule has 1 heterocycles. The zero-order valence-corrected chi connectivity index (χ0v) is 15.3. The normalized spacial score (nSPS) is 12.5. The Morgan fingerprint density at radius 1 is 1.22 bits per heavy atom. The molecule has 0 fully saturated rings. The van der Waals surface area contributed by atoms with E-state index in [0.717, 1.165) is 23.4 Å². The maximum Gasteiger partial charge on any atom is 0.139 e. The minimum atomic E-state index is 0.367. The standard InChI is InChI=1S/C23H22N4/c1-15-6-4-9-22(15)17(3)27-21-8-5-7-18(12-21)10-11-19-13-20(16(2)24)14-26-23(19)25/h4-8,12-14,27H,2-3,9,24H2,1H3,(H2,25,26). The van der Waals surface area contributed by atoms with Crippen LogP contribution in [0.2, 0.25) is 0 Å². The van der Waals surface area contributed by atoms with E-state index in [1.807, 2.05) is 24.3 Å². The number of nitrogen functional groups attached to an aromatic ring is 1. The first-order valence-corrected chi connectivity index (χ1v) is 8.59. The molecule has 0 atom stereocenters. The van der Waals surface area contributed by atoms with E-state index < -0.39 is 0 Å². The van der Waals surface area contributed by atoms with E-state index in [4.69, 9.17) is 11.5 Å². The van der Waals surface area contributed by atoms with Crippen molar-refractivity contribution < 1.29 is 0 Å². The lowest BCUT2D eigenvalue weighted by molar-refractivity contribution is 1.22. The fraction of sp³-hybridized carbons (Fsp3) is 0.0870. The summed E-state index contributed by atoms with van der Waals surface area (Å²) in [4.78, 5) is 4.12. The summed E-state index contributed by atoms with van der Waals surface area (Å²) in [6.45, 7) is 9.96. The van der Waals surface area contributed by atoms with Crippen LogP contribution in [0.4, 0.5) is 11.5 Å². The predicted octanol–water partition coefficient (Wildman–Crippen LogP) is 4.20. The third-order valence-electron chi connectivity index (χ3n) is 4.32. The predicted molar refractivity (Wildman–Crippen MR) is 114 cm³/mol. The van der Waals surface area contributed by atoms with E-state index in [9.17, 15) is 0 Å². The molecule has 1 aromatic carbocycles. The van der Waals surface area contributed by atoms with Gasteiger partial charge in [-0.15, -0.1) is 0 Å². The van der Waals surface area contributed by atoms with Crippen molar-refractivity contribution in [2.75, 3.05) is 11.1 Å². The molecule has 0 bridgehead atoms. The van der Waals surface area contributed by atoms with Crippen LogP contribution >= 0.6 is 0 Å². The lowest BCUT2D eigenvalue weighted by Crippen LogP contribution is -2.01. The summed E-state index contributed by atoms with van der Waals surface area (Å²) in [7, 11) is 0. The average Bonchev–Trinajstić information content (AvgIpc) is 3.07. The van der Waals surface area contributed by atoms with Gasteiger partial charge in [0.15, 0.2) is 0 Å². The Bertz CT molecular complexity index is 1050. The number of hydrogen-bond acceptors (Lipinski definition) is 4. The van der Waals surface area contributed by atoms with Crippen molar-refractivity contribution in [3.8, 4) is 11.8 Å². The molecule has 1 aliphatic rings. The summed E-state index contributed by atoms with van der Waals surface area (Å²) < 4.78 is 0. The molecule has 4 nitrogen and oxygen atoms in total. The number of nitrogens with one attached hydrogen (secondary N) is 1. The molecule has 1 aromatic heterocycles. The Balaban J connectivity index is 1.81. The molecule has 0 saturated carbocycles. The van der Waals surface area contributed by atoms with Crippen molar-refractivity contribution in [3.05, 3.63) is 95.4 Å². The van der Waals surface area contributed by atoms with Gasteiger partial charge >= 0.3 is 0 Å². The number of allylic oxidation sites excluding steroid dienone is 4. The van der Waals surface area contributed by atoms with Crippen LogP contribution in [0.5, 0.6) is 0 Å². The molecular formula is C23H22N4. The number of hydrogen-bond donors (Lipinski definition) is 3. The number of pyridine rings is 1. The van der Waals surface area contributed by atoms with Gasteiger partial charge in [0, 0.05) is 34.4 Å². The van der Waals surface area contributed by atoms with Crippen LogP contribution in [0, 0.1) is 11.8 Å². The van der Waals surface area contributed by atoms with Crippen molar-refractivity contribution in [1.29, 1.82) is 0 Å². The molecule has 0 spiro atoms. The van der Waals surface area contributed by atoms with E-state index in [1.165, 1.54) is 11.1 Å². The van der Waals surface area contributed by atoms with Crippen LogP contribution < -0.4 is 16.8 Å². The number of aromatic nitrogens is 1. The highest BCUT2D eigenvalue weighted by atomic mass is 14.9. The Hall–Kier alpha value is -3.71. The summed E-state index contributed by atoms with van der Waals surface area (Å²) in [6.07, 6.45) is 6.76. The zero-order valence-electron chi connectivity index (χ0n) is 15.3. The van der Waals surface area contributed by atoms with Crippen molar-refractivity contribution in [1.82, 2.24) is 4.98 Å². The third-order valence-corrected chi connectivity index (χ3v) is 4.32. The van der Waals surface area contributed by atoms with Crippen LogP contribution in [0.1, 0.15) is 30.0 Å². The molecule has 0 saturated heterocycles. The molecule has 0 aliphatic heterocycles. The SMILES string of the molecule is C=C(Nc1cccc(C#Cc2cc(C(=C)N)cnc2N)c1)C1=C(C)C=CC1. The second-order valence-electron chi connectivity index (χ2n) is 6.38. The molecule has 4 heteroatoms. The maximum absolute atomic E-state index is 5.91. The molecule has 27 heavy (non-hydrogen) atoms. The van der Waals surface area contributed by atoms with E-state index in [-0.39, 0.29) is 0 Å². The molecule has 0 unspecified atom stereocenters. The van der Waals surface area contributed by atoms with Gasteiger partial charge in [0.1, 0.15) is 5.82 Å². The fourth-order valence-corrected chi connectivity index (χ4v) is 2.79. The highest BCUT2D eigenvalue weighted by molar-refractivity contribution is 5.65. The topological polar surface area (TPSA) is 77.0 Å². The summed E-state index contributed by atoms with van der Waals surface area (Å²) in [5, 5.41) is 3.36. The number of benzene rings is 1. The van der Waals surface area contributed by atoms with Crippen LogP contribution in [-0.4, -0.2) is 4.98 Å². The Kier molecular flexibility index (Phi) is 5.14. The molecule has 0 amide bonds. The minimum absolute atomic E-state index is 0.367. The van der Waals surface area contributed by atoms with E-state index in [2.05, 4.69) is 54.4 Å². The van der Waals surface area contributed by atoms with Crippen LogP contribution in [-0.2, 0) is 0 Å². The van der Waals surface area contributed by atoms with E-state index >= 15 is 0 Å². The second kappa shape index (κ2) is 7.67. The van der Waals surface area contributed by atoms with Gasteiger partial charge in [-0.25, -0.2) is 4.98 Å². The van der Waals surface area contributed by atoms with Crippen LogP contribution in [0.25, 0.3) is 5.70 Å². The van der Waals surface area contributed by atoms with Gasteiger partial charge < -0.3 is 16.8 Å². The first-order chi connectivity index (χ1) is 12.9. The van der Waals surface area contributed by atoms with Crippen LogP contribution in [0.15, 0.2) is 78.7 Å². The number of nitrogens with two attached hydrogens (primary N) is 2. The highest BCUT2D eigenvalue weighted by Crippen LogP contribution is 2.26. The molecule has 3 rings (SSSR count). The number of anilines is 2. The van der Waals surface area contributed by atoms with Gasteiger partial charge in [-0.2, -0.15) is 0 Å². The first kappa shape index (κ1) is 18.1. The summed E-state index contributed by atoms with van der Waals surface area (Å²) in [6, 6.07) is 9.66. The molecule has 5 N–H and O–H groups in total. The highest BCUT2D eigenvalue weighted by Gasteiger charge is 2.09.